The number of morpholine rings is 1. The van der Waals surface area contributed by atoms with Gasteiger partial charge in [0, 0.05) is 24.3 Å². The number of fused-ring (bicyclic) bond motifs is 1. The molecule has 3 heterocycles. The highest BCUT2D eigenvalue weighted by atomic mass is 32.1. The number of ether oxygens (including phenoxy) is 1. The maximum atomic E-state index is 13.0. The normalized spacial score (nSPS) is 14.0. The van der Waals surface area contributed by atoms with Crippen LogP contribution in [0.15, 0.2) is 60.7 Å². The van der Waals surface area contributed by atoms with Crippen molar-refractivity contribution in [3.8, 4) is 11.3 Å². The third kappa shape index (κ3) is 3.83. The number of carbonyl (C=O) groups excluding carboxylic acids is 1. The van der Waals surface area contributed by atoms with Crippen LogP contribution < -0.4 is 16.0 Å². The van der Waals surface area contributed by atoms with Crippen molar-refractivity contribution in [2.24, 2.45) is 0 Å². The van der Waals surface area contributed by atoms with Crippen LogP contribution in [-0.2, 0) is 4.74 Å². The van der Waals surface area contributed by atoms with Crippen molar-refractivity contribution in [1.82, 2.24) is 9.97 Å². The van der Waals surface area contributed by atoms with E-state index in [0.29, 0.717) is 45.6 Å². The number of nitrogens with one attached hydrogen (secondary N) is 1. The molecule has 0 unspecified atom stereocenters. The number of nitrogens with two attached hydrogens (primary N) is 1. The van der Waals surface area contributed by atoms with Crippen molar-refractivity contribution in [3.63, 3.8) is 0 Å². The molecule has 2 aromatic carbocycles. The zero-order valence-electron chi connectivity index (χ0n) is 16.7. The number of carbonyl (C=O) groups is 1. The number of amides is 1. The van der Waals surface area contributed by atoms with E-state index >= 15 is 0 Å². The second-order valence-electron chi connectivity index (χ2n) is 7.18. The highest BCUT2D eigenvalue weighted by Gasteiger charge is 2.24. The fraction of sp³-hybridized carbons (Fsp3) is 0.174. The van der Waals surface area contributed by atoms with E-state index in [1.807, 2.05) is 60.7 Å². The summed E-state index contributed by atoms with van der Waals surface area (Å²) in [7, 11) is 0. The average molecular weight is 432 g/mol. The number of hydrogen-bond donors (Lipinski definition) is 2. The van der Waals surface area contributed by atoms with Gasteiger partial charge in [0.2, 0.25) is 5.95 Å². The summed E-state index contributed by atoms with van der Waals surface area (Å²) in [5, 5.41) is 3.63. The van der Waals surface area contributed by atoms with Crippen LogP contribution in [0.4, 0.5) is 17.3 Å². The summed E-state index contributed by atoms with van der Waals surface area (Å²) in [5.74, 6) is 0.379. The maximum Gasteiger partial charge on any atom is 0.267 e. The second kappa shape index (κ2) is 8.33. The van der Waals surface area contributed by atoms with Gasteiger partial charge in [-0.25, -0.2) is 9.97 Å². The zero-order chi connectivity index (χ0) is 21.2. The number of nitrogen functional groups attached to an aromatic ring is 1. The number of hydrogen-bond acceptors (Lipinski definition) is 7. The van der Waals surface area contributed by atoms with Gasteiger partial charge in [0.1, 0.15) is 9.71 Å². The number of anilines is 3. The summed E-state index contributed by atoms with van der Waals surface area (Å²) >= 11 is 1.29. The molecule has 3 N–H and O–H groups in total. The van der Waals surface area contributed by atoms with Crippen LogP contribution in [0.3, 0.4) is 0 Å². The van der Waals surface area contributed by atoms with Crippen LogP contribution in [0.5, 0.6) is 0 Å². The van der Waals surface area contributed by atoms with Crippen molar-refractivity contribution in [2.45, 2.75) is 0 Å². The quantitative estimate of drug-likeness (QED) is 0.507. The fourth-order valence-electron chi connectivity index (χ4n) is 3.60. The van der Waals surface area contributed by atoms with Gasteiger partial charge in [0.15, 0.2) is 0 Å². The Morgan fingerprint density at radius 1 is 1.00 bits per heavy atom. The molecule has 31 heavy (non-hydrogen) atoms. The number of aromatic nitrogens is 2. The van der Waals surface area contributed by atoms with Crippen molar-refractivity contribution >= 4 is 44.8 Å². The van der Waals surface area contributed by atoms with E-state index < -0.39 is 0 Å². The second-order valence-corrected chi connectivity index (χ2v) is 8.18. The first-order valence-electron chi connectivity index (χ1n) is 10.1. The van der Waals surface area contributed by atoms with Gasteiger partial charge >= 0.3 is 0 Å². The topological polar surface area (TPSA) is 93.4 Å². The minimum absolute atomic E-state index is 0.251. The number of rotatable bonds is 4. The molecular formula is C23H21N5O2S. The van der Waals surface area contributed by atoms with Crippen LogP contribution in [-0.4, -0.2) is 42.2 Å². The summed E-state index contributed by atoms with van der Waals surface area (Å²) < 4.78 is 5.47. The summed E-state index contributed by atoms with van der Waals surface area (Å²) in [5.41, 5.74) is 9.29. The lowest BCUT2D eigenvalue weighted by atomic mass is 10.1. The molecule has 1 saturated heterocycles. The third-order valence-electron chi connectivity index (χ3n) is 5.16. The lowest BCUT2D eigenvalue weighted by Crippen LogP contribution is -2.37. The van der Waals surface area contributed by atoms with Crippen LogP contribution in [0, 0.1) is 0 Å². The predicted molar refractivity (Wildman–Crippen MR) is 125 cm³/mol. The van der Waals surface area contributed by atoms with E-state index in [0.717, 1.165) is 24.3 Å². The summed E-state index contributed by atoms with van der Waals surface area (Å²) in [4.78, 5) is 25.9. The predicted octanol–water partition coefficient (Wildman–Crippen LogP) is 4.03. The molecule has 1 amide bonds. The Kier molecular flexibility index (Phi) is 5.23. The Morgan fingerprint density at radius 2 is 1.68 bits per heavy atom. The first-order valence-corrected chi connectivity index (χ1v) is 10.9. The van der Waals surface area contributed by atoms with Gasteiger partial charge in [0.05, 0.1) is 30.0 Å². The summed E-state index contributed by atoms with van der Waals surface area (Å²) in [6.07, 6.45) is 0. The van der Waals surface area contributed by atoms with Gasteiger partial charge in [-0.15, -0.1) is 11.3 Å². The van der Waals surface area contributed by atoms with Gasteiger partial charge in [-0.3, -0.25) is 4.79 Å². The molecule has 0 spiro atoms. The van der Waals surface area contributed by atoms with Crippen LogP contribution >= 0.6 is 11.3 Å². The van der Waals surface area contributed by atoms with Gasteiger partial charge in [0.25, 0.3) is 5.91 Å². The molecule has 1 aliphatic rings. The summed E-state index contributed by atoms with van der Waals surface area (Å²) in [6.45, 7) is 2.72. The maximum absolute atomic E-state index is 13.0. The molecule has 8 heteroatoms. The largest absolute Gasteiger partial charge is 0.397 e. The minimum atomic E-state index is -0.251. The zero-order valence-corrected chi connectivity index (χ0v) is 17.6. The first kappa shape index (κ1) is 19.5. The van der Waals surface area contributed by atoms with E-state index in [1.165, 1.54) is 11.3 Å². The Labute approximate surface area is 183 Å². The highest BCUT2D eigenvalue weighted by Crippen LogP contribution is 2.39. The van der Waals surface area contributed by atoms with Crippen LogP contribution in [0.2, 0.25) is 0 Å². The molecule has 0 saturated carbocycles. The fourth-order valence-corrected chi connectivity index (χ4v) is 4.58. The van der Waals surface area contributed by atoms with Gasteiger partial charge in [-0.2, -0.15) is 0 Å². The van der Waals surface area contributed by atoms with Crippen molar-refractivity contribution in [1.29, 1.82) is 0 Å². The molecule has 1 aliphatic heterocycles. The number of benzene rings is 2. The van der Waals surface area contributed by atoms with Gasteiger partial charge in [-0.05, 0) is 12.1 Å². The molecule has 2 aromatic heterocycles. The monoisotopic (exact) mass is 431 g/mol. The lowest BCUT2D eigenvalue weighted by molar-refractivity contribution is 0.103. The SMILES string of the molecule is Nc1c(C(=O)Nc2ccccc2)sc2nc(N3CCOCC3)nc(-c3ccccc3)c12. The molecule has 7 nitrogen and oxygen atoms in total. The standard InChI is InChI=1S/C23H21N5O2S/c24-18-17-19(15-7-3-1-4-8-15)26-23(28-11-13-30-14-12-28)27-22(17)31-20(18)21(29)25-16-9-5-2-6-10-16/h1-10H,11-14,24H2,(H,25,29). The van der Waals surface area contributed by atoms with Gasteiger partial charge < -0.3 is 20.7 Å². The summed E-state index contributed by atoms with van der Waals surface area (Å²) in [6, 6.07) is 19.2. The van der Waals surface area contributed by atoms with E-state index in [2.05, 4.69) is 10.2 Å². The van der Waals surface area contributed by atoms with Crippen LogP contribution in [0.25, 0.3) is 21.5 Å². The molecule has 1 fully saturated rings. The highest BCUT2D eigenvalue weighted by molar-refractivity contribution is 7.21. The molecule has 0 aliphatic carbocycles. The number of thiophene rings is 1. The van der Waals surface area contributed by atoms with Crippen molar-refractivity contribution < 1.29 is 9.53 Å². The molecule has 5 rings (SSSR count). The van der Waals surface area contributed by atoms with Gasteiger partial charge in [-0.1, -0.05) is 48.5 Å². The van der Waals surface area contributed by atoms with Crippen molar-refractivity contribution in [2.75, 3.05) is 42.3 Å². The lowest BCUT2D eigenvalue weighted by Gasteiger charge is -2.27. The molecular weight excluding hydrogens is 410 g/mol. The van der Waals surface area contributed by atoms with E-state index in [-0.39, 0.29) is 5.91 Å². The Balaban J connectivity index is 1.63. The Bertz CT molecular complexity index is 1220. The Morgan fingerprint density at radius 3 is 2.39 bits per heavy atom. The molecule has 0 radical (unpaired) electrons. The molecule has 0 bridgehead atoms. The Hall–Kier alpha value is -3.49. The number of nitrogens with zero attached hydrogens (tertiary/aromatic N) is 3. The van der Waals surface area contributed by atoms with Crippen molar-refractivity contribution in [3.05, 3.63) is 65.5 Å². The van der Waals surface area contributed by atoms with E-state index in [1.54, 1.807) is 0 Å². The van der Waals surface area contributed by atoms with E-state index in [9.17, 15) is 4.79 Å². The number of para-hydroxylation sites is 1. The molecule has 4 aromatic rings. The smallest absolute Gasteiger partial charge is 0.267 e. The first-order chi connectivity index (χ1) is 15.2. The van der Waals surface area contributed by atoms with E-state index in [4.69, 9.17) is 20.4 Å². The minimum Gasteiger partial charge on any atom is -0.397 e. The third-order valence-corrected chi connectivity index (χ3v) is 6.25. The van der Waals surface area contributed by atoms with Crippen LogP contribution in [0.1, 0.15) is 9.67 Å². The molecule has 156 valence electrons. The average Bonchev–Trinajstić information content (AvgIpc) is 3.17. The molecule has 0 atom stereocenters.